The van der Waals surface area contributed by atoms with E-state index >= 15 is 0 Å². The maximum absolute atomic E-state index is 12.2. The molecular weight excluding hydrogens is 269 g/mol. The van der Waals surface area contributed by atoms with Crippen LogP contribution in [0.1, 0.15) is 25.8 Å². The summed E-state index contributed by atoms with van der Waals surface area (Å²) in [6, 6.07) is 5.35. The van der Waals surface area contributed by atoms with Gasteiger partial charge < -0.3 is 5.73 Å². The lowest BCUT2D eigenvalue weighted by atomic mass is 9.90. The zero-order chi connectivity index (χ0) is 13.7. The number of nitrogens with two attached hydrogens (primary N) is 1. The van der Waals surface area contributed by atoms with E-state index in [-0.39, 0.29) is 11.7 Å². The minimum atomic E-state index is -0.0972. The molecule has 100 valence electrons. The van der Waals surface area contributed by atoms with E-state index < -0.39 is 0 Å². The highest BCUT2D eigenvalue weighted by molar-refractivity contribution is 6.42. The highest BCUT2D eigenvalue weighted by atomic mass is 35.5. The quantitative estimate of drug-likeness (QED) is 0.866. The molecule has 18 heavy (non-hydrogen) atoms. The number of hydrogen-bond acceptors (Lipinski definition) is 2. The van der Waals surface area contributed by atoms with Gasteiger partial charge in [-0.2, -0.15) is 0 Å². The molecule has 0 radical (unpaired) electrons. The minimum absolute atomic E-state index is 0.0972. The average Bonchev–Trinajstić information content (AvgIpc) is 2.31. The maximum atomic E-state index is 12.2. The van der Waals surface area contributed by atoms with E-state index in [2.05, 4.69) is 13.8 Å². The molecular formula is C14H19Cl2NO. The maximum Gasteiger partial charge on any atom is 0.141 e. The fourth-order valence-electron chi connectivity index (χ4n) is 1.95. The van der Waals surface area contributed by atoms with Crippen molar-refractivity contribution in [3.05, 3.63) is 33.8 Å². The van der Waals surface area contributed by atoms with Crippen molar-refractivity contribution in [2.75, 3.05) is 6.54 Å². The van der Waals surface area contributed by atoms with Crippen molar-refractivity contribution in [3.8, 4) is 0 Å². The van der Waals surface area contributed by atoms with Crippen LogP contribution in [-0.2, 0) is 11.2 Å². The van der Waals surface area contributed by atoms with Gasteiger partial charge in [0.2, 0.25) is 0 Å². The number of benzene rings is 1. The lowest BCUT2D eigenvalue weighted by Gasteiger charge is -2.16. The number of carbonyl (C=O) groups is 1. The first-order chi connectivity index (χ1) is 8.45. The predicted octanol–water partition coefficient (Wildman–Crippen LogP) is 3.73. The molecule has 0 heterocycles. The summed E-state index contributed by atoms with van der Waals surface area (Å²) in [6.45, 7) is 4.56. The second-order valence-electron chi connectivity index (χ2n) is 4.92. The molecule has 2 nitrogen and oxygen atoms in total. The van der Waals surface area contributed by atoms with Crippen LogP contribution in [0.2, 0.25) is 10.0 Å². The van der Waals surface area contributed by atoms with E-state index in [1.54, 1.807) is 12.1 Å². The van der Waals surface area contributed by atoms with Gasteiger partial charge in [0, 0.05) is 18.9 Å². The van der Waals surface area contributed by atoms with Gasteiger partial charge in [-0.3, -0.25) is 4.79 Å². The first-order valence-corrected chi connectivity index (χ1v) is 6.87. The summed E-state index contributed by atoms with van der Waals surface area (Å²) in [6.07, 6.45) is 1.11. The fraction of sp³-hybridized carbons (Fsp3) is 0.500. The third-order valence-corrected chi connectivity index (χ3v) is 3.75. The molecule has 0 spiro atoms. The molecule has 0 aliphatic heterocycles. The predicted molar refractivity (Wildman–Crippen MR) is 77.2 cm³/mol. The summed E-state index contributed by atoms with van der Waals surface area (Å²) in [5.74, 6) is 0.493. The molecule has 1 unspecified atom stereocenters. The number of halogens is 2. The Morgan fingerprint density at radius 3 is 2.56 bits per heavy atom. The summed E-state index contributed by atoms with van der Waals surface area (Å²) in [5.41, 5.74) is 6.44. The standard InChI is InChI=1S/C14H19Cl2NO/c1-9(2)6-11(8-17)13(18)7-10-4-3-5-12(15)14(10)16/h3-5,9,11H,6-8,17H2,1-2H3. The van der Waals surface area contributed by atoms with Gasteiger partial charge in [-0.1, -0.05) is 49.2 Å². The fourth-order valence-corrected chi connectivity index (χ4v) is 2.33. The molecule has 0 aromatic heterocycles. The van der Waals surface area contributed by atoms with E-state index in [9.17, 15) is 4.79 Å². The van der Waals surface area contributed by atoms with Crippen LogP contribution in [0.5, 0.6) is 0 Å². The Labute approximate surface area is 118 Å². The third kappa shape index (κ3) is 4.27. The van der Waals surface area contributed by atoms with E-state index in [0.29, 0.717) is 28.9 Å². The van der Waals surface area contributed by atoms with Crippen LogP contribution < -0.4 is 5.73 Å². The van der Waals surface area contributed by atoms with Crippen molar-refractivity contribution in [2.45, 2.75) is 26.7 Å². The Morgan fingerprint density at radius 1 is 1.33 bits per heavy atom. The molecule has 2 N–H and O–H groups in total. The summed E-state index contributed by atoms with van der Waals surface area (Å²) in [5, 5.41) is 0.947. The van der Waals surface area contributed by atoms with Crippen LogP contribution in [0.15, 0.2) is 18.2 Å². The van der Waals surface area contributed by atoms with E-state index in [0.717, 1.165) is 12.0 Å². The van der Waals surface area contributed by atoms with Crippen molar-refractivity contribution in [2.24, 2.45) is 17.6 Å². The first-order valence-electron chi connectivity index (χ1n) is 6.11. The van der Waals surface area contributed by atoms with Crippen molar-refractivity contribution in [1.82, 2.24) is 0 Å². The van der Waals surface area contributed by atoms with Gasteiger partial charge >= 0.3 is 0 Å². The third-order valence-electron chi connectivity index (χ3n) is 2.89. The van der Waals surface area contributed by atoms with Crippen molar-refractivity contribution < 1.29 is 4.79 Å². The largest absolute Gasteiger partial charge is 0.330 e. The number of hydrogen-bond donors (Lipinski definition) is 1. The molecule has 0 aliphatic rings. The van der Waals surface area contributed by atoms with Crippen LogP contribution in [0.3, 0.4) is 0 Å². The monoisotopic (exact) mass is 287 g/mol. The van der Waals surface area contributed by atoms with Gasteiger partial charge in [-0.15, -0.1) is 0 Å². The molecule has 1 atom stereocenters. The Kier molecular flexibility index (Phi) is 6.13. The lowest BCUT2D eigenvalue weighted by molar-refractivity contribution is -0.122. The molecule has 4 heteroatoms. The Hall–Kier alpha value is -0.570. The molecule has 0 bridgehead atoms. The molecule has 0 fully saturated rings. The van der Waals surface area contributed by atoms with Gasteiger partial charge in [0.05, 0.1) is 10.0 Å². The highest BCUT2D eigenvalue weighted by Gasteiger charge is 2.19. The molecule has 0 saturated heterocycles. The number of ketones is 1. The van der Waals surface area contributed by atoms with E-state index in [1.165, 1.54) is 0 Å². The zero-order valence-electron chi connectivity index (χ0n) is 10.7. The van der Waals surface area contributed by atoms with Crippen LogP contribution in [0, 0.1) is 11.8 Å². The second kappa shape index (κ2) is 7.13. The van der Waals surface area contributed by atoms with Gasteiger partial charge in [-0.05, 0) is 24.0 Å². The van der Waals surface area contributed by atoms with E-state index in [1.807, 2.05) is 6.07 Å². The normalized spacial score (nSPS) is 12.8. The van der Waals surface area contributed by atoms with Crippen molar-refractivity contribution >= 4 is 29.0 Å². The summed E-state index contributed by atoms with van der Waals surface area (Å²) >= 11 is 12.0. The van der Waals surface area contributed by atoms with Gasteiger partial charge in [0.15, 0.2) is 0 Å². The summed E-state index contributed by atoms with van der Waals surface area (Å²) < 4.78 is 0. The Balaban J connectivity index is 2.77. The number of Topliss-reactive ketones (excluding diaryl/α,β-unsaturated/α-hetero) is 1. The number of rotatable bonds is 6. The molecule has 0 aliphatic carbocycles. The summed E-state index contributed by atoms with van der Waals surface area (Å²) in [7, 11) is 0. The topological polar surface area (TPSA) is 43.1 Å². The Bertz CT molecular complexity index is 418. The molecule has 1 aromatic rings. The lowest BCUT2D eigenvalue weighted by Crippen LogP contribution is -2.26. The van der Waals surface area contributed by atoms with Gasteiger partial charge in [0.25, 0.3) is 0 Å². The first kappa shape index (κ1) is 15.5. The van der Waals surface area contributed by atoms with Crippen LogP contribution in [-0.4, -0.2) is 12.3 Å². The van der Waals surface area contributed by atoms with Crippen LogP contribution in [0.4, 0.5) is 0 Å². The number of carbonyl (C=O) groups excluding carboxylic acids is 1. The zero-order valence-corrected chi connectivity index (χ0v) is 12.3. The van der Waals surface area contributed by atoms with Gasteiger partial charge in [0.1, 0.15) is 5.78 Å². The minimum Gasteiger partial charge on any atom is -0.330 e. The SMILES string of the molecule is CC(C)CC(CN)C(=O)Cc1cccc(Cl)c1Cl. The molecule has 1 rings (SSSR count). The van der Waals surface area contributed by atoms with E-state index in [4.69, 9.17) is 28.9 Å². The smallest absolute Gasteiger partial charge is 0.141 e. The summed E-state index contributed by atoms with van der Waals surface area (Å²) in [4.78, 5) is 12.2. The highest BCUT2D eigenvalue weighted by Crippen LogP contribution is 2.27. The second-order valence-corrected chi connectivity index (χ2v) is 5.70. The van der Waals surface area contributed by atoms with Crippen molar-refractivity contribution in [1.29, 1.82) is 0 Å². The van der Waals surface area contributed by atoms with Gasteiger partial charge in [-0.25, -0.2) is 0 Å². The molecule has 1 aromatic carbocycles. The molecule has 0 amide bonds. The van der Waals surface area contributed by atoms with Crippen LogP contribution in [0.25, 0.3) is 0 Å². The Morgan fingerprint density at radius 2 is 2.00 bits per heavy atom. The van der Waals surface area contributed by atoms with Crippen LogP contribution >= 0.6 is 23.2 Å². The van der Waals surface area contributed by atoms with Crippen molar-refractivity contribution in [3.63, 3.8) is 0 Å². The average molecular weight is 288 g/mol. The molecule has 0 saturated carbocycles.